The molecule has 46 heteroatoms. The molecule has 0 spiro atoms. The van der Waals surface area contributed by atoms with Crippen molar-refractivity contribution in [2.75, 3.05) is 18.5 Å². The summed E-state index contributed by atoms with van der Waals surface area (Å²) in [4.78, 5) is 161. The van der Waals surface area contributed by atoms with Crippen molar-refractivity contribution in [1.29, 1.82) is 0 Å². The van der Waals surface area contributed by atoms with Gasteiger partial charge in [-0.25, -0.2) is 63.1 Å². The number of Topliss-reactive ketones (excluding diaryl/α,β-unsaturated/α-hetero) is 1. The van der Waals surface area contributed by atoms with Crippen LogP contribution in [-0.2, 0) is 108 Å². The van der Waals surface area contributed by atoms with Crippen LogP contribution in [-0.4, -0.2) is 143 Å². The molecular formula is C85H103Br3N15NaO27. The van der Waals surface area contributed by atoms with E-state index >= 15 is 0 Å². The van der Waals surface area contributed by atoms with E-state index in [0.717, 1.165) is 46.9 Å². The van der Waals surface area contributed by atoms with Crippen LogP contribution in [0.3, 0.4) is 0 Å². The first-order chi connectivity index (χ1) is 60.3. The van der Waals surface area contributed by atoms with Gasteiger partial charge in [0.05, 0.1) is 24.1 Å². The number of oxazole rings is 4. The number of ether oxygens (including phenoxy) is 7. The molecule has 0 aliphatic heterocycles. The van der Waals surface area contributed by atoms with Crippen molar-refractivity contribution in [2.24, 2.45) is 28.8 Å². The SMILES string of the molecule is Br.Br.C.C.CCOC(=O)C(=O)CBr.CCOC(=O)c1coc(C2(NC(=O)OCc3ccccc3)CC2)n1.NC(=O)C1(NC(=O)OCc2ccccc2)CC1.NC(=O)c1coc(C2(N)CC2)n1.NC(=O)c1coc(C2(NC(=O)OCc3ccccc3)CC2)n1.N[N-]O.O=C(NC1(C(=O)O)CC1)OCc1ccccc1.O=C(NC1(c2nc(C(=O)O)co2)CC1)OCc1ccccc1.[Na+]. The molecule has 6 aliphatic rings. The number of halogens is 3. The van der Waals surface area contributed by atoms with Crippen molar-refractivity contribution < 1.29 is 158 Å². The summed E-state index contributed by atoms with van der Waals surface area (Å²) < 4.78 is 55.4. The van der Waals surface area contributed by atoms with E-state index in [2.05, 4.69) is 73.0 Å². The van der Waals surface area contributed by atoms with E-state index in [1.165, 1.54) is 18.8 Å². The molecule has 0 atom stereocenters. The number of nitrogens with two attached hydrogens (primary N) is 5. The van der Waals surface area contributed by atoms with Crippen LogP contribution < -0.4 is 84.9 Å². The summed E-state index contributed by atoms with van der Waals surface area (Å²) in [6.07, 6.45) is 9.51. The maximum absolute atomic E-state index is 12.0. The number of carbonyl (C=O) groups is 13. The Morgan fingerprint density at radius 2 is 0.672 bits per heavy atom. The zero-order valence-electron chi connectivity index (χ0n) is 69.8. The largest absolute Gasteiger partial charge is 1.00 e. The van der Waals surface area contributed by atoms with Gasteiger partial charge in [0.2, 0.25) is 35.3 Å². The molecule has 0 radical (unpaired) electrons. The topological polar surface area (TPSA) is 656 Å². The van der Waals surface area contributed by atoms with E-state index in [4.69, 9.17) is 84.4 Å². The molecule has 15 rings (SSSR count). The Balaban J connectivity index is 0.000000396. The van der Waals surface area contributed by atoms with Gasteiger partial charge in [-0.15, -0.1) is 34.0 Å². The Hall–Kier alpha value is -12.5. The second kappa shape index (κ2) is 54.2. The molecule has 9 aromatic rings. The molecule has 8 amide bonds. The molecule has 6 saturated carbocycles. The minimum absolute atomic E-state index is 0. The summed E-state index contributed by atoms with van der Waals surface area (Å²) in [5, 5.41) is 37.8. The van der Waals surface area contributed by atoms with Crippen LogP contribution in [0.4, 0.5) is 24.0 Å². The van der Waals surface area contributed by atoms with Gasteiger partial charge >= 0.3 is 83.9 Å². The summed E-state index contributed by atoms with van der Waals surface area (Å²) in [5.41, 5.74) is 23.1. The minimum atomic E-state index is -1.17. The van der Waals surface area contributed by atoms with E-state index in [-0.39, 0.29) is 165 Å². The number of carboxylic acid groups (broad SMARTS) is 2. The number of alkyl carbamates (subject to hydrolysis) is 5. The van der Waals surface area contributed by atoms with Gasteiger partial charge in [-0.1, -0.05) is 182 Å². The van der Waals surface area contributed by atoms with E-state index in [1.807, 2.05) is 157 Å². The Labute approximate surface area is 802 Å². The Morgan fingerprint density at radius 3 is 0.916 bits per heavy atom. The third-order valence-corrected chi connectivity index (χ3v) is 19.2. The molecule has 0 unspecified atom stereocenters. The predicted octanol–water partition coefficient (Wildman–Crippen LogP) is 8.49. The van der Waals surface area contributed by atoms with Crippen LogP contribution in [0.25, 0.3) is 5.59 Å². The van der Waals surface area contributed by atoms with Crippen LogP contribution in [0.15, 0.2) is 194 Å². The van der Waals surface area contributed by atoms with Crippen molar-refractivity contribution in [3.8, 4) is 0 Å². The molecule has 4 heterocycles. The molecule has 42 nitrogen and oxygen atoms in total. The van der Waals surface area contributed by atoms with Gasteiger partial charge in [-0.3, -0.25) is 19.2 Å². The van der Waals surface area contributed by atoms with E-state index in [0.29, 0.717) is 76.0 Å². The summed E-state index contributed by atoms with van der Waals surface area (Å²) in [6, 6.07) is 46.6. The van der Waals surface area contributed by atoms with Crippen molar-refractivity contribution in [3.63, 3.8) is 0 Å². The predicted molar refractivity (Wildman–Crippen MR) is 472 cm³/mol. The van der Waals surface area contributed by atoms with Crippen molar-refractivity contribution in [1.82, 2.24) is 46.5 Å². The van der Waals surface area contributed by atoms with E-state index in [1.54, 1.807) is 13.8 Å². The fraction of sp³-hybridized carbons (Fsp3) is 0.353. The first kappa shape index (κ1) is 113. The molecular weight excluding hydrogens is 1930 g/mol. The summed E-state index contributed by atoms with van der Waals surface area (Å²) in [6.45, 7) is 4.72. The number of benzene rings is 5. The third kappa shape index (κ3) is 36.4. The molecule has 0 bridgehead atoms. The van der Waals surface area contributed by atoms with Gasteiger partial charge in [0.1, 0.15) is 85.8 Å². The van der Waals surface area contributed by atoms with Gasteiger partial charge < -0.3 is 127 Å². The number of carbonyl (C=O) groups excluding carboxylic acids is 11. The molecule has 702 valence electrons. The molecule has 18 N–H and O–H groups in total. The molecule has 4 aromatic heterocycles. The molecule has 6 aliphatic carbocycles. The standard InChI is InChI=1S/C17H18N2O5.C15H15N3O4.C15H14N2O5.C12H14N2O3.C12H13NO4.C7H9N3O2.C5H7BrO3.2CH4.2BrH.H3N2O.Na/c1-2-22-14(20)13-11-23-15(18-13)17(8-9-17)19-16(21)24-10-12-6-4-3-5-7-12;16-12(19)11-9-21-13(17-11)15(6-7-15)18-14(20)22-8-10-4-2-1-3-5-10;18-12(19)11-9-21-13(16-11)15(6-7-15)17-14(20)22-8-10-4-2-1-3-5-10;13-10(15)12(6-7-12)14-11(16)17-8-9-4-2-1-3-5-9;14-10(15)12(6-7-12)13-11(16)17-8-9-4-2-1-3-5-9;8-5(11)4-3-12-6(10-4)7(9)1-2-7;1-2-9-5(8)4(7)3-6;;;;;1-2-3;/h3-7,11H,2,8-10H2,1H3,(H,19,21);1-5,9H,6-8H2,(H2,16,19)(H,18,20);1-5,9H,6-8H2,(H,17,20)(H,18,19);1-5H,6-8H2,(H2,13,15)(H,14,16);1-5H,6-8H2,(H,13,16)(H,14,15);3H,1-2,9H2,(H2,8,11);2-3H2,1H3;2*1H4;2*1H;3H,1H2;/q;;;;;;;;;;;-1;+1. The Morgan fingerprint density at radius 1 is 0.405 bits per heavy atom. The Bertz CT molecular complexity index is 4960. The number of aliphatic carboxylic acids is 1. The third-order valence-electron chi connectivity index (χ3n) is 18.7. The van der Waals surface area contributed by atoms with Crippen LogP contribution in [0.2, 0.25) is 0 Å². The summed E-state index contributed by atoms with van der Waals surface area (Å²) in [5.74, 6) is -0.591. The zero-order valence-corrected chi connectivity index (χ0v) is 76.9. The minimum Gasteiger partial charge on any atom is -0.488 e. The van der Waals surface area contributed by atoms with Crippen LogP contribution in [0.5, 0.6) is 0 Å². The number of nitrogens with one attached hydrogen (secondary N) is 5. The number of aromatic carboxylic acids is 1. The number of esters is 2. The summed E-state index contributed by atoms with van der Waals surface area (Å²) in [7, 11) is 0. The van der Waals surface area contributed by atoms with Crippen LogP contribution >= 0.6 is 49.9 Å². The van der Waals surface area contributed by atoms with Gasteiger partial charge in [0.25, 0.3) is 11.8 Å². The number of alkyl halides is 1. The van der Waals surface area contributed by atoms with Gasteiger partial charge in [0.15, 0.2) is 22.8 Å². The number of ketones is 1. The normalized spacial score (nSPS) is 14.4. The number of rotatable bonds is 29. The number of primary amides is 3. The number of hydrogen-bond donors (Lipinski definition) is 13. The number of amides is 8. The maximum Gasteiger partial charge on any atom is 1.00 e. The quantitative estimate of drug-likeness (QED) is 0.00397. The van der Waals surface area contributed by atoms with Crippen LogP contribution in [0.1, 0.15) is 199 Å². The van der Waals surface area contributed by atoms with Crippen LogP contribution in [0, 0.1) is 0 Å². The first-order valence-corrected chi connectivity index (χ1v) is 39.8. The maximum atomic E-state index is 12.0. The van der Waals surface area contributed by atoms with Gasteiger partial charge in [-0.2, -0.15) is 0 Å². The second-order valence-electron chi connectivity index (χ2n) is 28.5. The number of carboxylic acids is 2. The van der Waals surface area contributed by atoms with Crippen molar-refractivity contribution >= 4 is 128 Å². The average Bonchev–Trinajstić information content (AvgIpc) is 1.61. The number of aromatic nitrogens is 4. The molecule has 131 heavy (non-hydrogen) atoms. The zero-order chi connectivity index (χ0) is 91.5. The fourth-order valence-electron chi connectivity index (χ4n) is 10.6. The Kier molecular flexibility index (Phi) is 46.7. The molecule has 0 saturated heterocycles. The smallest absolute Gasteiger partial charge is 0.488 e. The molecule has 6 fully saturated rings. The van der Waals surface area contributed by atoms with E-state index in [9.17, 15) is 62.3 Å². The number of hydrogen-bond acceptors (Lipinski definition) is 31. The fourth-order valence-corrected chi connectivity index (χ4v) is 10.9. The first-order valence-electron chi connectivity index (χ1n) is 38.7. The van der Waals surface area contributed by atoms with Crippen molar-refractivity contribution in [2.45, 2.75) is 172 Å². The average molecular weight is 2030 g/mol. The van der Waals surface area contributed by atoms with Gasteiger partial charge in [0, 0.05) is 0 Å². The summed E-state index contributed by atoms with van der Waals surface area (Å²) >= 11 is 2.83. The van der Waals surface area contributed by atoms with E-state index < -0.39 is 111 Å². The van der Waals surface area contributed by atoms with Gasteiger partial charge in [-0.05, 0) is 119 Å². The number of nitrogens with zero attached hydrogens (tertiary/aromatic N) is 5. The second-order valence-corrected chi connectivity index (χ2v) is 29.0. The van der Waals surface area contributed by atoms with Crippen molar-refractivity contribution in [3.05, 3.63) is 256 Å². The molecule has 5 aromatic carbocycles. The monoisotopic (exact) mass is 2030 g/mol.